The fourth-order valence-electron chi connectivity index (χ4n) is 2.51. The van der Waals surface area contributed by atoms with Gasteiger partial charge in [0.1, 0.15) is 12.1 Å². The minimum Gasteiger partial charge on any atom is -0.375 e. The molecule has 1 aliphatic heterocycles. The first-order chi connectivity index (χ1) is 8.75. The minimum absolute atomic E-state index is 0.257. The standard InChI is InChI=1S/C14H17N3O/c1-10-4-3-5-12-13(10)14(16-9-15-12)17-6-7-18-11(2)8-17/h3-5,9,11H,6-8H2,1-2H3/t11-/m0/s1. The number of rotatable bonds is 1. The number of hydrogen-bond donors (Lipinski definition) is 0. The molecule has 1 atom stereocenters. The average molecular weight is 243 g/mol. The Bertz CT molecular complexity index is 565. The second-order valence-electron chi connectivity index (χ2n) is 4.79. The van der Waals surface area contributed by atoms with E-state index < -0.39 is 0 Å². The van der Waals surface area contributed by atoms with Crippen molar-refractivity contribution < 1.29 is 4.74 Å². The van der Waals surface area contributed by atoms with Crippen molar-refractivity contribution in [3.8, 4) is 0 Å². The molecule has 0 spiro atoms. The number of morpholine rings is 1. The van der Waals surface area contributed by atoms with Crippen molar-refractivity contribution in [2.45, 2.75) is 20.0 Å². The number of nitrogens with zero attached hydrogens (tertiary/aromatic N) is 3. The van der Waals surface area contributed by atoms with Gasteiger partial charge in [0.25, 0.3) is 0 Å². The molecule has 1 fully saturated rings. The predicted molar refractivity (Wildman–Crippen MR) is 71.9 cm³/mol. The molecule has 0 aliphatic carbocycles. The summed E-state index contributed by atoms with van der Waals surface area (Å²) in [4.78, 5) is 11.1. The smallest absolute Gasteiger partial charge is 0.140 e. The Labute approximate surface area is 107 Å². The number of fused-ring (bicyclic) bond motifs is 1. The minimum atomic E-state index is 0.257. The van der Waals surface area contributed by atoms with Crippen LogP contribution in [0, 0.1) is 6.92 Å². The highest BCUT2D eigenvalue weighted by molar-refractivity contribution is 5.92. The summed E-state index contributed by atoms with van der Waals surface area (Å²) in [5.41, 5.74) is 2.24. The second-order valence-corrected chi connectivity index (χ2v) is 4.79. The summed E-state index contributed by atoms with van der Waals surface area (Å²) in [6, 6.07) is 6.19. The van der Waals surface area contributed by atoms with Crippen LogP contribution in [-0.2, 0) is 4.74 Å². The molecule has 1 aliphatic rings. The van der Waals surface area contributed by atoms with Crippen molar-refractivity contribution in [1.82, 2.24) is 9.97 Å². The molecule has 0 unspecified atom stereocenters. The third kappa shape index (κ3) is 1.93. The van der Waals surface area contributed by atoms with E-state index in [0.29, 0.717) is 0 Å². The molecule has 0 amide bonds. The summed E-state index contributed by atoms with van der Waals surface area (Å²) in [5, 5.41) is 1.16. The molecule has 4 nitrogen and oxygen atoms in total. The van der Waals surface area contributed by atoms with Crippen LogP contribution in [0.2, 0.25) is 0 Å². The van der Waals surface area contributed by atoms with E-state index in [1.165, 1.54) is 5.56 Å². The van der Waals surface area contributed by atoms with Crippen molar-refractivity contribution in [3.63, 3.8) is 0 Å². The number of aromatic nitrogens is 2. The average Bonchev–Trinajstić information content (AvgIpc) is 2.38. The zero-order valence-electron chi connectivity index (χ0n) is 10.8. The lowest BCUT2D eigenvalue weighted by Gasteiger charge is -2.32. The van der Waals surface area contributed by atoms with Crippen molar-refractivity contribution in [1.29, 1.82) is 0 Å². The van der Waals surface area contributed by atoms with Gasteiger partial charge >= 0.3 is 0 Å². The van der Waals surface area contributed by atoms with Gasteiger partial charge in [0.15, 0.2) is 0 Å². The third-order valence-electron chi connectivity index (χ3n) is 3.39. The van der Waals surface area contributed by atoms with E-state index in [-0.39, 0.29) is 6.10 Å². The van der Waals surface area contributed by atoms with E-state index in [4.69, 9.17) is 4.74 Å². The maximum Gasteiger partial charge on any atom is 0.140 e. The van der Waals surface area contributed by atoms with Crippen molar-refractivity contribution >= 4 is 16.7 Å². The molecule has 94 valence electrons. The van der Waals surface area contributed by atoms with Gasteiger partial charge in [-0.05, 0) is 25.5 Å². The Morgan fingerprint density at radius 1 is 1.33 bits per heavy atom. The number of benzene rings is 1. The van der Waals surface area contributed by atoms with E-state index in [0.717, 1.165) is 36.4 Å². The first-order valence-electron chi connectivity index (χ1n) is 6.32. The van der Waals surface area contributed by atoms with Gasteiger partial charge in [0.05, 0.1) is 18.2 Å². The van der Waals surface area contributed by atoms with E-state index in [1.807, 2.05) is 12.1 Å². The summed E-state index contributed by atoms with van der Waals surface area (Å²) in [7, 11) is 0. The summed E-state index contributed by atoms with van der Waals surface area (Å²) < 4.78 is 5.59. The largest absolute Gasteiger partial charge is 0.375 e. The van der Waals surface area contributed by atoms with Crippen LogP contribution in [0.3, 0.4) is 0 Å². The van der Waals surface area contributed by atoms with Gasteiger partial charge in [-0.1, -0.05) is 12.1 Å². The highest BCUT2D eigenvalue weighted by Crippen LogP contribution is 2.27. The fourth-order valence-corrected chi connectivity index (χ4v) is 2.51. The molecule has 4 heteroatoms. The van der Waals surface area contributed by atoms with E-state index >= 15 is 0 Å². The molecular weight excluding hydrogens is 226 g/mol. The Hall–Kier alpha value is -1.68. The molecule has 2 aromatic rings. The monoisotopic (exact) mass is 243 g/mol. The van der Waals surface area contributed by atoms with Crippen molar-refractivity contribution in [2.24, 2.45) is 0 Å². The Balaban J connectivity index is 2.11. The van der Waals surface area contributed by atoms with Crippen LogP contribution < -0.4 is 4.90 Å². The zero-order valence-corrected chi connectivity index (χ0v) is 10.8. The predicted octanol–water partition coefficient (Wildman–Crippen LogP) is 2.16. The quantitative estimate of drug-likeness (QED) is 0.769. The van der Waals surface area contributed by atoms with E-state index in [1.54, 1.807) is 6.33 Å². The Kier molecular flexibility index (Phi) is 2.88. The van der Waals surface area contributed by atoms with Crippen molar-refractivity contribution in [2.75, 3.05) is 24.6 Å². The maximum atomic E-state index is 5.59. The summed E-state index contributed by atoms with van der Waals surface area (Å²) in [6.45, 7) is 6.76. The van der Waals surface area contributed by atoms with Gasteiger partial charge in [0, 0.05) is 18.5 Å². The number of hydrogen-bond acceptors (Lipinski definition) is 4. The Morgan fingerprint density at radius 3 is 3.06 bits per heavy atom. The van der Waals surface area contributed by atoms with Gasteiger partial charge in [0.2, 0.25) is 0 Å². The lowest BCUT2D eigenvalue weighted by atomic mass is 10.1. The molecular formula is C14H17N3O. The third-order valence-corrected chi connectivity index (χ3v) is 3.39. The number of aryl methyl sites for hydroxylation is 1. The first-order valence-corrected chi connectivity index (χ1v) is 6.32. The van der Waals surface area contributed by atoms with Crippen LogP contribution in [0.25, 0.3) is 10.9 Å². The number of anilines is 1. The lowest BCUT2D eigenvalue weighted by Crippen LogP contribution is -2.41. The second kappa shape index (κ2) is 4.53. The highest BCUT2D eigenvalue weighted by atomic mass is 16.5. The van der Waals surface area contributed by atoms with Gasteiger partial charge in [-0.3, -0.25) is 0 Å². The SMILES string of the molecule is Cc1cccc2ncnc(N3CCO[C@@H](C)C3)c12. The fraction of sp³-hybridized carbons (Fsp3) is 0.429. The van der Waals surface area contributed by atoms with Crippen LogP contribution in [0.1, 0.15) is 12.5 Å². The topological polar surface area (TPSA) is 38.2 Å². The van der Waals surface area contributed by atoms with E-state index in [9.17, 15) is 0 Å². The van der Waals surface area contributed by atoms with Crippen LogP contribution in [0.5, 0.6) is 0 Å². The molecule has 3 rings (SSSR count). The molecule has 2 heterocycles. The zero-order chi connectivity index (χ0) is 12.5. The summed E-state index contributed by atoms with van der Waals surface area (Å²) >= 11 is 0. The lowest BCUT2D eigenvalue weighted by molar-refractivity contribution is 0.0530. The van der Waals surface area contributed by atoms with Gasteiger partial charge in [-0.25, -0.2) is 9.97 Å². The van der Waals surface area contributed by atoms with Gasteiger partial charge in [-0.15, -0.1) is 0 Å². The van der Waals surface area contributed by atoms with Crippen molar-refractivity contribution in [3.05, 3.63) is 30.1 Å². The van der Waals surface area contributed by atoms with Crippen LogP contribution >= 0.6 is 0 Å². The molecule has 0 bridgehead atoms. The summed E-state index contributed by atoms with van der Waals surface area (Å²) in [5.74, 6) is 1.04. The normalized spacial score (nSPS) is 20.3. The van der Waals surface area contributed by atoms with Gasteiger partial charge in [-0.2, -0.15) is 0 Å². The molecule has 0 saturated carbocycles. The molecule has 0 N–H and O–H groups in total. The maximum absolute atomic E-state index is 5.59. The van der Waals surface area contributed by atoms with E-state index in [2.05, 4.69) is 34.8 Å². The molecule has 18 heavy (non-hydrogen) atoms. The Morgan fingerprint density at radius 2 is 2.22 bits per heavy atom. The molecule has 0 radical (unpaired) electrons. The molecule has 1 aromatic carbocycles. The molecule has 1 aromatic heterocycles. The van der Waals surface area contributed by atoms with Crippen LogP contribution in [-0.4, -0.2) is 35.8 Å². The number of ether oxygens (including phenoxy) is 1. The summed E-state index contributed by atoms with van der Waals surface area (Å²) in [6.07, 6.45) is 1.91. The van der Waals surface area contributed by atoms with Crippen LogP contribution in [0.4, 0.5) is 5.82 Å². The molecule has 1 saturated heterocycles. The van der Waals surface area contributed by atoms with Gasteiger partial charge < -0.3 is 9.64 Å². The highest BCUT2D eigenvalue weighted by Gasteiger charge is 2.20. The van der Waals surface area contributed by atoms with Crippen LogP contribution in [0.15, 0.2) is 24.5 Å². The first kappa shape index (κ1) is 11.4.